The number of nitrogens with zero attached hydrogens (tertiary/aromatic N) is 1. The van der Waals surface area contributed by atoms with E-state index in [4.69, 9.17) is 4.74 Å². The second kappa shape index (κ2) is 6.24. The van der Waals surface area contributed by atoms with Crippen LogP contribution in [0.25, 0.3) is 0 Å². The number of nitrogens with one attached hydrogen (secondary N) is 1. The molecule has 2 atom stereocenters. The Morgan fingerprint density at radius 3 is 2.14 bits per heavy atom. The highest BCUT2D eigenvalue weighted by Crippen LogP contribution is 2.24. The minimum atomic E-state index is -0.572. The van der Waals surface area contributed by atoms with Crippen molar-refractivity contribution in [3.8, 4) is 0 Å². The van der Waals surface area contributed by atoms with Crippen LogP contribution in [0.3, 0.4) is 0 Å². The first-order valence-electron chi connectivity index (χ1n) is 7.68. The molecule has 0 spiro atoms. The first kappa shape index (κ1) is 17.8. The summed E-state index contributed by atoms with van der Waals surface area (Å²) in [4.78, 5) is 26.5. The highest BCUT2D eigenvalue weighted by Gasteiger charge is 2.38. The van der Waals surface area contributed by atoms with E-state index in [2.05, 4.69) is 12.2 Å². The summed E-state index contributed by atoms with van der Waals surface area (Å²) in [5, 5.41) is 2.75. The molecule has 2 amide bonds. The summed E-state index contributed by atoms with van der Waals surface area (Å²) >= 11 is 0. The summed E-state index contributed by atoms with van der Waals surface area (Å²) in [6.07, 6.45) is 0.484. The monoisotopic (exact) mass is 298 g/mol. The van der Waals surface area contributed by atoms with Gasteiger partial charge >= 0.3 is 6.09 Å². The van der Waals surface area contributed by atoms with Crippen molar-refractivity contribution in [2.24, 2.45) is 11.3 Å². The van der Waals surface area contributed by atoms with Gasteiger partial charge < -0.3 is 15.0 Å². The number of ether oxygens (including phenoxy) is 1. The fraction of sp³-hybridized carbons (Fsp3) is 0.875. The number of likely N-dealkylation sites (tertiary alicyclic amines) is 1. The minimum absolute atomic E-state index is 0.0160. The van der Waals surface area contributed by atoms with Crippen molar-refractivity contribution in [1.29, 1.82) is 0 Å². The molecular weight excluding hydrogens is 268 g/mol. The molecule has 1 saturated heterocycles. The molecule has 21 heavy (non-hydrogen) atoms. The van der Waals surface area contributed by atoms with E-state index >= 15 is 0 Å². The van der Waals surface area contributed by atoms with E-state index in [1.807, 2.05) is 46.4 Å². The Hall–Kier alpha value is -1.26. The highest BCUT2D eigenvalue weighted by atomic mass is 16.6. The molecule has 5 nitrogen and oxygen atoms in total. The molecule has 0 aliphatic carbocycles. The van der Waals surface area contributed by atoms with Crippen molar-refractivity contribution in [2.75, 3.05) is 13.1 Å². The molecule has 1 heterocycles. The van der Waals surface area contributed by atoms with Crippen LogP contribution in [0.2, 0.25) is 0 Å². The van der Waals surface area contributed by atoms with Gasteiger partial charge in [-0.1, -0.05) is 27.7 Å². The van der Waals surface area contributed by atoms with Gasteiger partial charge in [-0.3, -0.25) is 4.79 Å². The molecule has 1 rings (SSSR count). The van der Waals surface area contributed by atoms with Crippen LogP contribution in [0, 0.1) is 11.3 Å². The minimum Gasteiger partial charge on any atom is -0.444 e. The molecule has 1 N–H and O–H groups in total. The predicted molar refractivity (Wildman–Crippen MR) is 83.0 cm³/mol. The molecule has 0 unspecified atom stereocenters. The predicted octanol–water partition coefficient (Wildman–Crippen LogP) is 2.79. The average molecular weight is 298 g/mol. The first-order valence-corrected chi connectivity index (χ1v) is 7.68. The number of alkyl carbamates (subject to hydrolysis) is 1. The third-order valence-electron chi connectivity index (χ3n) is 3.51. The summed E-state index contributed by atoms with van der Waals surface area (Å²) in [5.74, 6) is 0.508. The highest BCUT2D eigenvalue weighted by molar-refractivity contribution is 5.86. The third kappa shape index (κ3) is 5.56. The second-order valence-corrected chi connectivity index (χ2v) is 8.12. The van der Waals surface area contributed by atoms with Gasteiger partial charge in [0.15, 0.2) is 0 Å². The quantitative estimate of drug-likeness (QED) is 0.853. The fourth-order valence-corrected chi connectivity index (χ4v) is 2.39. The Balaban J connectivity index is 2.77. The topological polar surface area (TPSA) is 58.6 Å². The van der Waals surface area contributed by atoms with Gasteiger partial charge in [0.2, 0.25) is 5.91 Å². The van der Waals surface area contributed by atoms with Crippen molar-refractivity contribution < 1.29 is 14.3 Å². The lowest BCUT2D eigenvalue weighted by Crippen LogP contribution is -2.55. The lowest BCUT2D eigenvalue weighted by molar-refractivity contribution is -0.135. The Bertz CT molecular complexity index is 393. The van der Waals surface area contributed by atoms with Crippen molar-refractivity contribution in [2.45, 2.75) is 66.5 Å². The average Bonchev–Trinajstić information content (AvgIpc) is 2.68. The van der Waals surface area contributed by atoms with Crippen LogP contribution in [0.4, 0.5) is 4.79 Å². The van der Waals surface area contributed by atoms with E-state index in [9.17, 15) is 9.59 Å². The van der Waals surface area contributed by atoms with Crippen LogP contribution in [-0.2, 0) is 9.53 Å². The maximum atomic E-state index is 12.7. The molecule has 1 aliphatic rings. The molecule has 0 aromatic carbocycles. The van der Waals surface area contributed by atoms with Crippen LogP contribution < -0.4 is 5.32 Å². The van der Waals surface area contributed by atoms with E-state index in [-0.39, 0.29) is 11.3 Å². The summed E-state index contributed by atoms with van der Waals surface area (Å²) in [6, 6.07) is -0.572. The van der Waals surface area contributed by atoms with E-state index < -0.39 is 17.7 Å². The van der Waals surface area contributed by atoms with Crippen LogP contribution >= 0.6 is 0 Å². The zero-order chi connectivity index (χ0) is 16.4. The molecule has 1 fully saturated rings. The van der Waals surface area contributed by atoms with Gasteiger partial charge in [-0.25, -0.2) is 4.79 Å². The van der Waals surface area contributed by atoms with Gasteiger partial charge in [-0.05, 0) is 38.5 Å². The summed E-state index contributed by atoms with van der Waals surface area (Å²) < 4.78 is 5.28. The lowest BCUT2D eigenvalue weighted by atomic mass is 9.86. The Kier molecular flexibility index (Phi) is 5.29. The fourth-order valence-electron chi connectivity index (χ4n) is 2.39. The molecule has 0 radical (unpaired) electrons. The van der Waals surface area contributed by atoms with Gasteiger partial charge in [0.25, 0.3) is 0 Å². The largest absolute Gasteiger partial charge is 0.444 e. The molecule has 0 bridgehead atoms. The molecule has 122 valence electrons. The first-order chi connectivity index (χ1) is 9.40. The Labute approximate surface area is 128 Å². The van der Waals surface area contributed by atoms with E-state index in [0.29, 0.717) is 5.92 Å². The number of carbonyl (C=O) groups is 2. The van der Waals surface area contributed by atoms with Crippen LogP contribution in [0.5, 0.6) is 0 Å². The zero-order valence-electron chi connectivity index (χ0n) is 14.4. The molecule has 0 aromatic heterocycles. The van der Waals surface area contributed by atoms with Crippen molar-refractivity contribution in [3.63, 3.8) is 0 Å². The maximum Gasteiger partial charge on any atom is 0.408 e. The van der Waals surface area contributed by atoms with Gasteiger partial charge in [-0.15, -0.1) is 0 Å². The molecule has 1 aliphatic heterocycles. The van der Waals surface area contributed by atoms with Crippen molar-refractivity contribution in [3.05, 3.63) is 0 Å². The van der Waals surface area contributed by atoms with E-state index in [1.54, 1.807) is 0 Å². The standard InChI is InChI=1S/C16H30N2O3/c1-11-8-9-18(10-11)13(19)12(15(2,3)4)17-14(20)21-16(5,6)7/h11-12H,8-10H2,1-7H3,(H,17,20)/t11-,12-/m1/s1. The van der Waals surface area contributed by atoms with Gasteiger partial charge in [0.05, 0.1) is 0 Å². The van der Waals surface area contributed by atoms with E-state index in [1.165, 1.54) is 0 Å². The normalized spacial score (nSPS) is 21.1. The van der Waals surface area contributed by atoms with E-state index in [0.717, 1.165) is 19.5 Å². The van der Waals surface area contributed by atoms with Crippen molar-refractivity contribution in [1.82, 2.24) is 10.2 Å². The summed E-state index contributed by atoms with van der Waals surface area (Å²) in [5.41, 5.74) is -0.933. The number of hydrogen-bond acceptors (Lipinski definition) is 3. The number of carbonyl (C=O) groups excluding carboxylic acids is 2. The number of amides is 2. The number of hydrogen-bond donors (Lipinski definition) is 1. The lowest BCUT2D eigenvalue weighted by Gasteiger charge is -2.34. The smallest absolute Gasteiger partial charge is 0.408 e. The van der Waals surface area contributed by atoms with Crippen molar-refractivity contribution >= 4 is 12.0 Å². The molecule has 5 heteroatoms. The van der Waals surface area contributed by atoms with Gasteiger partial charge in [0.1, 0.15) is 11.6 Å². The van der Waals surface area contributed by atoms with Crippen LogP contribution in [0.1, 0.15) is 54.9 Å². The molecular formula is C16H30N2O3. The maximum absolute atomic E-state index is 12.7. The number of rotatable bonds is 2. The van der Waals surface area contributed by atoms with Gasteiger partial charge in [0, 0.05) is 13.1 Å². The Morgan fingerprint density at radius 2 is 1.76 bits per heavy atom. The molecule has 0 aromatic rings. The summed E-state index contributed by atoms with van der Waals surface area (Å²) in [6.45, 7) is 14.9. The third-order valence-corrected chi connectivity index (χ3v) is 3.51. The Morgan fingerprint density at radius 1 is 1.19 bits per heavy atom. The second-order valence-electron chi connectivity index (χ2n) is 8.12. The van der Waals surface area contributed by atoms with Gasteiger partial charge in [-0.2, -0.15) is 0 Å². The summed E-state index contributed by atoms with van der Waals surface area (Å²) in [7, 11) is 0. The van der Waals surface area contributed by atoms with Crippen LogP contribution in [0.15, 0.2) is 0 Å². The van der Waals surface area contributed by atoms with Crippen LogP contribution in [-0.4, -0.2) is 41.6 Å². The zero-order valence-corrected chi connectivity index (χ0v) is 14.4. The molecule has 0 saturated carbocycles. The SMILES string of the molecule is C[C@@H]1CCN(C(=O)[C@@H](NC(=O)OC(C)(C)C)C(C)(C)C)C1.